The van der Waals surface area contributed by atoms with Crippen molar-refractivity contribution < 1.29 is 14.3 Å². The van der Waals surface area contributed by atoms with Crippen LogP contribution in [0.15, 0.2) is 76.9 Å². The maximum absolute atomic E-state index is 12.2. The monoisotopic (exact) mass is 432 g/mol. The maximum atomic E-state index is 12.2. The number of amides is 1. The molecule has 0 saturated heterocycles. The average molecular weight is 433 g/mol. The van der Waals surface area contributed by atoms with Gasteiger partial charge in [0.15, 0.2) is 11.0 Å². The molecule has 2 aromatic rings. The molecular weight excluding hydrogens is 412 g/mol. The van der Waals surface area contributed by atoms with E-state index in [-0.39, 0.29) is 11.4 Å². The summed E-state index contributed by atoms with van der Waals surface area (Å²) in [6.07, 6.45) is 4.23. The van der Waals surface area contributed by atoms with Crippen LogP contribution in [0.5, 0.6) is 11.5 Å². The SMILES string of the molecule is C=CCc1ccccc1OCCOc1ccc(/C=C2\C(=N)N3N=CSC3=NC2=O)cc1. The molecule has 0 radical (unpaired) electrons. The van der Waals surface area contributed by atoms with Crippen molar-refractivity contribution in [3.8, 4) is 11.5 Å². The number of para-hydroxylation sites is 1. The fraction of sp³-hybridized carbons (Fsp3) is 0.130. The lowest BCUT2D eigenvalue weighted by Gasteiger charge is -2.20. The highest BCUT2D eigenvalue weighted by molar-refractivity contribution is 8.25. The standard InChI is InChI=1S/C23H20N4O3S/c1-2-5-17-6-3-4-7-20(17)30-13-12-29-18-10-8-16(9-11-18)14-19-21(24)27-23(26-22(19)28)31-15-25-27/h2-4,6-11,14-15,24H,1,5,12-13H2/b19-14+,24-21?. The second-order valence-electron chi connectivity index (χ2n) is 6.62. The molecule has 156 valence electrons. The van der Waals surface area contributed by atoms with Crippen LogP contribution in [0.25, 0.3) is 6.08 Å². The van der Waals surface area contributed by atoms with Crippen molar-refractivity contribution in [2.24, 2.45) is 10.1 Å². The number of carbonyl (C=O) groups excluding carboxylic acids is 1. The molecule has 2 aliphatic heterocycles. The number of nitrogens with zero attached hydrogens (tertiary/aromatic N) is 3. The van der Waals surface area contributed by atoms with Gasteiger partial charge in [-0.25, -0.2) is 0 Å². The van der Waals surface area contributed by atoms with Gasteiger partial charge in [0.25, 0.3) is 5.91 Å². The van der Waals surface area contributed by atoms with Crippen LogP contribution in [0.1, 0.15) is 11.1 Å². The highest BCUT2D eigenvalue weighted by Gasteiger charge is 2.32. The molecule has 1 amide bonds. The Kier molecular flexibility index (Phi) is 6.28. The number of aliphatic imine (C=N–C) groups is 1. The first-order chi connectivity index (χ1) is 15.2. The van der Waals surface area contributed by atoms with Gasteiger partial charge in [-0.15, -0.1) is 6.58 Å². The third kappa shape index (κ3) is 4.75. The van der Waals surface area contributed by atoms with Crippen LogP contribution >= 0.6 is 11.8 Å². The number of hydrazone groups is 1. The van der Waals surface area contributed by atoms with Gasteiger partial charge in [0.1, 0.15) is 24.7 Å². The van der Waals surface area contributed by atoms with Crippen LogP contribution in [-0.2, 0) is 11.2 Å². The molecule has 31 heavy (non-hydrogen) atoms. The number of hydrogen-bond acceptors (Lipinski definition) is 6. The number of amidine groups is 2. The fourth-order valence-corrected chi connectivity index (χ4v) is 3.65. The summed E-state index contributed by atoms with van der Waals surface area (Å²) in [6, 6.07) is 15.1. The van der Waals surface area contributed by atoms with Gasteiger partial charge < -0.3 is 9.47 Å². The molecule has 0 saturated carbocycles. The number of rotatable bonds is 8. The molecule has 2 heterocycles. The largest absolute Gasteiger partial charge is 0.490 e. The van der Waals surface area contributed by atoms with Gasteiger partial charge in [-0.2, -0.15) is 15.1 Å². The summed E-state index contributed by atoms with van der Waals surface area (Å²) in [5, 5.41) is 14.0. The molecule has 0 atom stereocenters. The fourth-order valence-electron chi connectivity index (χ4n) is 3.04. The lowest BCUT2D eigenvalue weighted by molar-refractivity contribution is -0.114. The molecule has 2 aliphatic rings. The number of benzene rings is 2. The summed E-state index contributed by atoms with van der Waals surface area (Å²) >= 11 is 1.22. The number of carbonyl (C=O) groups is 1. The molecule has 7 nitrogen and oxygen atoms in total. The smallest absolute Gasteiger partial charge is 0.283 e. The highest BCUT2D eigenvalue weighted by Crippen LogP contribution is 2.25. The number of allylic oxidation sites excluding steroid dienone is 1. The Labute approximate surface area is 184 Å². The number of thioether (sulfide) groups is 1. The Morgan fingerprint density at radius 1 is 1.10 bits per heavy atom. The van der Waals surface area contributed by atoms with Crippen LogP contribution in [0.3, 0.4) is 0 Å². The first-order valence-electron chi connectivity index (χ1n) is 9.63. The molecule has 4 rings (SSSR count). The van der Waals surface area contributed by atoms with Crippen LogP contribution in [0.2, 0.25) is 0 Å². The van der Waals surface area contributed by atoms with Crippen molar-refractivity contribution in [1.82, 2.24) is 5.01 Å². The summed E-state index contributed by atoms with van der Waals surface area (Å²) in [4.78, 5) is 16.2. The van der Waals surface area contributed by atoms with E-state index in [1.54, 1.807) is 11.6 Å². The zero-order valence-corrected chi connectivity index (χ0v) is 17.5. The Balaban J connectivity index is 1.33. The Morgan fingerprint density at radius 2 is 1.87 bits per heavy atom. The molecule has 0 bridgehead atoms. The van der Waals surface area contributed by atoms with Crippen molar-refractivity contribution in [1.29, 1.82) is 5.41 Å². The molecular formula is C23H20N4O3S. The van der Waals surface area contributed by atoms with E-state index in [1.165, 1.54) is 16.8 Å². The molecule has 0 unspecified atom stereocenters. The number of fused-ring (bicyclic) bond motifs is 1. The van der Waals surface area contributed by atoms with E-state index in [0.29, 0.717) is 24.1 Å². The first kappa shape index (κ1) is 20.6. The van der Waals surface area contributed by atoms with Crippen LogP contribution in [0.4, 0.5) is 0 Å². The van der Waals surface area contributed by atoms with Gasteiger partial charge in [0, 0.05) is 0 Å². The second-order valence-corrected chi connectivity index (χ2v) is 7.43. The van der Waals surface area contributed by atoms with Crippen LogP contribution < -0.4 is 9.47 Å². The quantitative estimate of drug-likeness (QED) is 0.385. The molecule has 1 N–H and O–H groups in total. The molecule has 8 heteroatoms. The summed E-state index contributed by atoms with van der Waals surface area (Å²) < 4.78 is 11.6. The van der Waals surface area contributed by atoms with Crippen molar-refractivity contribution >= 4 is 40.3 Å². The average Bonchev–Trinajstić information content (AvgIpc) is 3.25. The molecule has 2 aromatic carbocycles. The first-order valence-corrected chi connectivity index (χ1v) is 10.5. The van der Waals surface area contributed by atoms with Gasteiger partial charge in [-0.05, 0) is 53.6 Å². The zero-order valence-electron chi connectivity index (χ0n) is 16.7. The van der Waals surface area contributed by atoms with Crippen LogP contribution in [0, 0.1) is 5.41 Å². The van der Waals surface area contributed by atoms with E-state index < -0.39 is 5.91 Å². The van der Waals surface area contributed by atoms with Crippen molar-refractivity contribution in [2.75, 3.05) is 13.2 Å². The van der Waals surface area contributed by atoms with E-state index in [0.717, 1.165) is 23.3 Å². The third-order valence-electron chi connectivity index (χ3n) is 4.53. The topological polar surface area (TPSA) is 87.3 Å². The molecule has 0 spiro atoms. The van der Waals surface area contributed by atoms with Gasteiger partial charge in [0.2, 0.25) is 0 Å². The van der Waals surface area contributed by atoms with Gasteiger partial charge in [0.05, 0.1) is 11.1 Å². The summed E-state index contributed by atoms with van der Waals surface area (Å²) in [6.45, 7) is 4.58. The lowest BCUT2D eigenvalue weighted by Crippen LogP contribution is -2.35. The Hall–Kier alpha value is -3.65. The van der Waals surface area contributed by atoms with Crippen molar-refractivity contribution in [3.63, 3.8) is 0 Å². The second kappa shape index (κ2) is 9.44. The van der Waals surface area contributed by atoms with Gasteiger partial charge in [-0.1, -0.05) is 36.4 Å². The third-order valence-corrected chi connectivity index (χ3v) is 5.21. The predicted octanol–water partition coefficient (Wildman–Crippen LogP) is 4.12. The van der Waals surface area contributed by atoms with Gasteiger partial charge in [-0.3, -0.25) is 10.2 Å². The summed E-state index contributed by atoms with van der Waals surface area (Å²) in [5.41, 5.74) is 3.61. The van der Waals surface area contributed by atoms with Crippen molar-refractivity contribution in [2.45, 2.75) is 6.42 Å². The Bertz CT molecular complexity index is 1110. The normalized spacial score (nSPS) is 16.3. The minimum atomic E-state index is -0.441. The van der Waals surface area contributed by atoms with Crippen molar-refractivity contribution in [3.05, 3.63) is 77.9 Å². The van der Waals surface area contributed by atoms with E-state index in [2.05, 4.69) is 16.7 Å². The number of ether oxygens (including phenoxy) is 2. The highest BCUT2D eigenvalue weighted by atomic mass is 32.2. The maximum Gasteiger partial charge on any atom is 0.283 e. The number of hydrogen-bond donors (Lipinski definition) is 1. The number of nitrogens with one attached hydrogen (secondary N) is 1. The summed E-state index contributed by atoms with van der Waals surface area (Å²) in [7, 11) is 0. The van der Waals surface area contributed by atoms with Gasteiger partial charge >= 0.3 is 0 Å². The molecule has 0 aromatic heterocycles. The predicted molar refractivity (Wildman–Crippen MR) is 124 cm³/mol. The van der Waals surface area contributed by atoms with E-state index >= 15 is 0 Å². The van der Waals surface area contributed by atoms with E-state index in [9.17, 15) is 4.79 Å². The zero-order chi connectivity index (χ0) is 21.6. The minimum Gasteiger partial charge on any atom is -0.490 e. The minimum absolute atomic E-state index is 0.0189. The Morgan fingerprint density at radius 3 is 2.68 bits per heavy atom. The molecule has 0 aliphatic carbocycles. The molecule has 0 fully saturated rings. The lowest BCUT2D eigenvalue weighted by atomic mass is 10.1. The van der Waals surface area contributed by atoms with Crippen LogP contribution in [-0.4, -0.2) is 40.7 Å². The van der Waals surface area contributed by atoms with E-state index in [4.69, 9.17) is 14.9 Å². The summed E-state index contributed by atoms with van der Waals surface area (Å²) in [5.74, 6) is 1.10. The van der Waals surface area contributed by atoms with E-state index in [1.807, 2.05) is 54.6 Å².